The molecule has 1 atom stereocenters. The van der Waals surface area contributed by atoms with Crippen LogP contribution in [0.1, 0.15) is 94.6 Å². The van der Waals surface area contributed by atoms with Gasteiger partial charge < -0.3 is 21.3 Å². The third kappa shape index (κ3) is 5.57. The van der Waals surface area contributed by atoms with E-state index in [0.29, 0.717) is 29.5 Å². The first kappa shape index (κ1) is 32.9. The molecule has 0 bridgehead atoms. The van der Waals surface area contributed by atoms with Crippen molar-refractivity contribution in [3.8, 4) is 0 Å². The van der Waals surface area contributed by atoms with Crippen molar-refractivity contribution in [1.29, 1.82) is 0 Å². The van der Waals surface area contributed by atoms with Crippen molar-refractivity contribution in [1.82, 2.24) is 30.1 Å². The Morgan fingerprint density at radius 3 is 2.29 bits per heavy atom. The molecule has 5 N–H and O–H groups in total. The van der Waals surface area contributed by atoms with Gasteiger partial charge in [-0.1, -0.05) is 0 Å². The zero-order chi connectivity index (χ0) is 36.5. The van der Waals surface area contributed by atoms with Crippen LogP contribution in [-0.4, -0.2) is 66.8 Å². The van der Waals surface area contributed by atoms with E-state index in [2.05, 4.69) is 36.6 Å². The minimum absolute atomic E-state index is 0.00611. The zero-order valence-corrected chi connectivity index (χ0v) is 28.0. The van der Waals surface area contributed by atoms with Gasteiger partial charge >= 0.3 is 0 Å². The number of anilines is 4. The molecule has 2 aromatic heterocycles. The van der Waals surface area contributed by atoms with Crippen molar-refractivity contribution in [3.63, 3.8) is 0 Å². The summed E-state index contributed by atoms with van der Waals surface area (Å²) in [4.78, 5) is 111. The van der Waals surface area contributed by atoms with Gasteiger partial charge in [0, 0.05) is 18.2 Å². The second-order valence-electron chi connectivity index (χ2n) is 14.1. The molecule has 17 heteroatoms. The number of aromatic nitrogens is 3. The number of amides is 7. The van der Waals surface area contributed by atoms with Crippen LogP contribution < -0.4 is 32.1 Å². The SMILES string of the molecule is Cc1cc(Nc2cc(NC(=O)CC(=O)Nc3ccc4c(c3)C(=O)N(C3CCC(=O)NC3=O)C4=O)ncn2)c(=O)n2c1C(=O)NC21CCC2(CC2)CC1. The number of carbonyl (C=O) groups is 7. The Morgan fingerprint density at radius 1 is 0.865 bits per heavy atom. The normalized spacial score (nSPS) is 20.7. The van der Waals surface area contributed by atoms with Crippen molar-refractivity contribution in [2.45, 2.75) is 76.4 Å². The van der Waals surface area contributed by atoms with Gasteiger partial charge in [0.1, 0.15) is 47.5 Å². The van der Waals surface area contributed by atoms with Crippen molar-refractivity contribution in [3.05, 3.63) is 69.4 Å². The molecule has 7 amide bonds. The lowest BCUT2D eigenvalue weighted by Gasteiger charge is -2.39. The summed E-state index contributed by atoms with van der Waals surface area (Å²) < 4.78 is 1.59. The molecule has 1 aromatic carbocycles. The van der Waals surface area contributed by atoms with Crippen molar-refractivity contribution < 1.29 is 33.6 Å². The maximum atomic E-state index is 13.8. The molecule has 0 radical (unpaired) electrons. The minimum atomic E-state index is -1.13. The standard InChI is InChI=1S/C35H33N9O8/c1-17-12-21(33(52)44-28(17)30(49)42-35(44)10-8-34(6-7-34)9-11-35)39-23-14-24(37-16-36-23)40-27(47)15-26(46)38-18-2-3-19-20(13-18)32(51)43(31(19)50)22-4-5-25(45)41-29(22)48/h2-3,12-14,16,22H,4-11,15H2,1H3,(H,38,46)(H,42,49)(H,41,45,48)(H2,36,37,39,40,47). The van der Waals surface area contributed by atoms with Crippen LogP contribution in [0.2, 0.25) is 0 Å². The smallest absolute Gasteiger partial charge is 0.276 e. The Morgan fingerprint density at radius 2 is 1.56 bits per heavy atom. The van der Waals surface area contributed by atoms with E-state index >= 15 is 0 Å². The van der Waals surface area contributed by atoms with Crippen LogP contribution in [0, 0.1) is 12.3 Å². The highest BCUT2D eigenvalue weighted by atomic mass is 16.2. The average molecular weight is 708 g/mol. The summed E-state index contributed by atoms with van der Waals surface area (Å²) >= 11 is 0. The van der Waals surface area contributed by atoms with Crippen LogP contribution in [0.25, 0.3) is 0 Å². The fourth-order valence-electron chi connectivity index (χ4n) is 7.79. The van der Waals surface area contributed by atoms with E-state index in [-0.39, 0.29) is 58.4 Å². The monoisotopic (exact) mass is 707 g/mol. The molecule has 266 valence electrons. The Bertz CT molecular complexity index is 2220. The number of nitrogens with one attached hydrogen (secondary N) is 5. The fraction of sp³-hybridized carbons (Fsp3) is 0.371. The summed E-state index contributed by atoms with van der Waals surface area (Å²) in [7, 11) is 0. The number of hydrogen-bond donors (Lipinski definition) is 5. The predicted octanol–water partition coefficient (Wildman–Crippen LogP) is 1.81. The third-order valence-electron chi connectivity index (χ3n) is 10.7. The zero-order valence-electron chi connectivity index (χ0n) is 28.0. The number of pyridine rings is 1. The van der Waals surface area contributed by atoms with E-state index in [9.17, 15) is 38.4 Å². The van der Waals surface area contributed by atoms with E-state index in [1.54, 1.807) is 17.6 Å². The van der Waals surface area contributed by atoms with E-state index < -0.39 is 53.6 Å². The lowest BCUT2D eigenvalue weighted by Crippen LogP contribution is -2.54. The summed E-state index contributed by atoms with van der Waals surface area (Å²) in [5, 5.41) is 13.3. The van der Waals surface area contributed by atoms with Gasteiger partial charge in [0.15, 0.2) is 0 Å². The number of rotatable bonds is 7. The highest BCUT2D eigenvalue weighted by Crippen LogP contribution is 2.59. The highest BCUT2D eigenvalue weighted by Gasteiger charge is 2.54. The largest absolute Gasteiger partial charge is 0.336 e. The average Bonchev–Trinajstić information content (AvgIpc) is 3.73. The number of aryl methyl sites for hydroxylation is 1. The Balaban J connectivity index is 0.914. The molecule has 8 rings (SSSR count). The number of fused-ring (bicyclic) bond motifs is 3. The first-order valence-corrected chi connectivity index (χ1v) is 17.0. The lowest BCUT2D eigenvalue weighted by atomic mass is 9.79. The maximum absolute atomic E-state index is 13.8. The van der Waals surface area contributed by atoms with Crippen LogP contribution in [0.4, 0.5) is 23.0 Å². The fourth-order valence-corrected chi connectivity index (χ4v) is 7.79. The van der Waals surface area contributed by atoms with Gasteiger partial charge in [-0.05, 0) is 87.1 Å². The third-order valence-corrected chi connectivity index (χ3v) is 10.7. The number of imide groups is 2. The second-order valence-corrected chi connectivity index (χ2v) is 14.1. The molecule has 3 fully saturated rings. The Kier molecular flexibility index (Phi) is 7.55. The molecule has 3 aromatic rings. The molecule has 2 spiro atoms. The minimum Gasteiger partial charge on any atom is -0.336 e. The van der Waals surface area contributed by atoms with Crippen LogP contribution in [0.3, 0.4) is 0 Å². The topological polar surface area (TPSA) is 231 Å². The molecule has 5 heterocycles. The first-order valence-electron chi connectivity index (χ1n) is 17.0. The van der Waals surface area contributed by atoms with Crippen LogP contribution >= 0.6 is 0 Å². The Hall–Kier alpha value is -6.26. The van der Waals surface area contributed by atoms with Gasteiger partial charge in [0.25, 0.3) is 23.3 Å². The predicted molar refractivity (Wildman–Crippen MR) is 181 cm³/mol. The van der Waals surface area contributed by atoms with Crippen LogP contribution in [0.15, 0.2) is 41.5 Å². The maximum Gasteiger partial charge on any atom is 0.276 e. The van der Waals surface area contributed by atoms with Crippen LogP contribution in [0.5, 0.6) is 0 Å². The number of benzene rings is 1. The molecule has 1 saturated heterocycles. The molecular weight excluding hydrogens is 674 g/mol. The molecule has 3 aliphatic heterocycles. The van der Waals surface area contributed by atoms with Gasteiger partial charge in [0.2, 0.25) is 23.6 Å². The van der Waals surface area contributed by atoms with E-state index in [1.165, 1.54) is 43.4 Å². The van der Waals surface area contributed by atoms with Crippen molar-refractivity contribution in [2.75, 3.05) is 16.0 Å². The lowest BCUT2D eigenvalue weighted by molar-refractivity contribution is -0.136. The molecule has 2 saturated carbocycles. The van der Waals surface area contributed by atoms with Gasteiger partial charge in [0.05, 0.1) is 11.1 Å². The highest BCUT2D eigenvalue weighted by molar-refractivity contribution is 6.24. The number of piperidine rings is 1. The molecule has 17 nitrogen and oxygen atoms in total. The van der Waals surface area contributed by atoms with Gasteiger partial charge in [-0.25, -0.2) is 9.97 Å². The molecule has 1 unspecified atom stereocenters. The summed E-state index contributed by atoms with van der Waals surface area (Å²) in [6, 6.07) is 5.88. The summed E-state index contributed by atoms with van der Waals surface area (Å²) in [6.45, 7) is 1.77. The number of carbonyl (C=O) groups excluding carboxylic acids is 7. The quantitative estimate of drug-likeness (QED) is 0.176. The first-order chi connectivity index (χ1) is 24.8. The van der Waals surface area contributed by atoms with Crippen LogP contribution in [-0.2, 0) is 24.8 Å². The van der Waals surface area contributed by atoms with Crippen molar-refractivity contribution in [2.24, 2.45) is 5.41 Å². The van der Waals surface area contributed by atoms with Gasteiger partial charge in [-0.15, -0.1) is 0 Å². The van der Waals surface area contributed by atoms with E-state index in [1.807, 2.05) is 0 Å². The van der Waals surface area contributed by atoms with Gasteiger partial charge in [-0.3, -0.25) is 53.1 Å². The van der Waals surface area contributed by atoms with E-state index in [0.717, 1.165) is 17.7 Å². The summed E-state index contributed by atoms with van der Waals surface area (Å²) in [5.74, 6) is -4.10. The second kappa shape index (κ2) is 11.9. The summed E-state index contributed by atoms with van der Waals surface area (Å²) in [5.41, 5.74) is 0.555. The number of nitrogens with zero attached hydrogens (tertiary/aromatic N) is 4. The number of hydrogen-bond acceptors (Lipinski definition) is 11. The molecular formula is C35H33N9O8. The molecule has 5 aliphatic rings. The van der Waals surface area contributed by atoms with E-state index in [4.69, 9.17) is 0 Å². The summed E-state index contributed by atoms with van der Waals surface area (Å²) in [6.07, 6.45) is 6.16. The Labute approximate surface area is 294 Å². The van der Waals surface area contributed by atoms with Crippen molar-refractivity contribution >= 4 is 64.4 Å². The molecule has 52 heavy (non-hydrogen) atoms. The molecule has 2 aliphatic carbocycles. The van der Waals surface area contributed by atoms with Gasteiger partial charge in [-0.2, -0.15) is 0 Å².